The fourth-order valence-electron chi connectivity index (χ4n) is 4.94. The summed E-state index contributed by atoms with van der Waals surface area (Å²) in [5.41, 5.74) is 3.24. The molecule has 3 aromatic heterocycles. The lowest BCUT2D eigenvalue weighted by Gasteiger charge is -2.23. The molecule has 42 heavy (non-hydrogen) atoms. The van der Waals surface area contributed by atoms with Crippen molar-refractivity contribution in [3.8, 4) is 17.2 Å². The number of nitrogens with one attached hydrogen (secondary N) is 3. The number of aryl methyl sites for hydroxylation is 2. The number of carbonyl (C=O) groups is 1. The van der Waals surface area contributed by atoms with Gasteiger partial charge in [-0.05, 0) is 75.2 Å². The normalized spacial score (nSPS) is 15.0. The summed E-state index contributed by atoms with van der Waals surface area (Å²) in [5, 5.41) is 16.3. The first kappa shape index (κ1) is 27.7. The van der Waals surface area contributed by atoms with Gasteiger partial charge in [-0.3, -0.25) is 10.1 Å². The van der Waals surface area contributed by atoms with Gasteiger partial charge in [-0.2, -0.15) is 5.10 Å². The van der Waals surface area contributed by atoms with E-state index in [1.54, 1.807) is 37.6 Å². The van der Waals surface area contributed by atoms with Gasteiger partial charge in [0.15, 0.2) is 16.6 Å². The molecule has 1 amide bonds. The quantitative estimate of drug-likeness (QED) is 0.200. The molecule has 0 radical (unpaired) electrons. The summed E-state index contributed by atoms with van der Waals surface area (Å²) in [5.74, 6) is 2.57. The number of nitrogens with zero attached hydrogens (tertiary/aromatic N) is 4. The number of hydrogen-bond acceptors (Lipinski definition) is 9. The average molecular weight is 584 g/mol. The van der Waals surface area contributed by atoms with Crippen LogP contribution in [-0.4, -0.2) is 51.9 Å². The Kier molecular flexibility index (Phi) is 8.02. The molecule has 1 atom stereocenters. The summed E-state index contributed by atoms with van der Waals surface area (Å²) in [4.78, 5) is 22.9. The van der Waals surface area contributed by atoms with E-state index in [2.05, 4.69) is 20.9 Å². The molecule has 2 aromatic carbocycles. The summed E-state index contributed by atoms with van der Waals surface area (Å²) < 4.78 is 13.6. The van der Waals surface area contributed by atoms with Gasteiger partial charge in [-0.15, -0.1) is 11.3 Å². The number of hydrogen-bond donors (Lipinski definition) is 3. The van der Waals surface area contributed by atoms with Crippen molar-refractivity contribution in [2.24, 2.45) is 0 Å². The number of fused-ring (bicyclic) bond motifs is 1. The van der Waals surface area contributed by atoms with Crippen LogP contribution in [0.5, 0.6) is 17.2 Å². The second-order valence-electron chi connectivity index (χ2n) is 10.3. The molecule has 3 N–H and O–H groups in total. The molecule has 0 saturated carbocycles. The minimum atomic E-state index is -0.214. The Labute approximate surface area is 248 Å². The van der Waals surface area contributed by atoms with E-state index in [0.29, 0.717) is 28.7 Å². The minimum Gasteiger partial charge on any atom is -0.497 e. The number of piperidine rings is 1. The maximum absolute atomic E-state index is 12.8. The van der Waals surface area contributed by atoms with E-state index in [9.17, 15) is 4.79 Å². The molecular weight excluding hydrogens is 550 g/mol. The van der Waals surface area contributed by atoms with Gasteiger partial charge in [0.1, 0.15) is 22.6 Å². The Morgan fingerprint density at radius 2 is 1.88 bits per heavy atom. The molecule has 1 aliphatic heterocycles. The monoisotopic (exact) mass is 583 g/mol. The van der Waals surface area contributed by atoms with Gasteiger partial charge in [0, 0.05) is 35.3 Å². The van der Waals surface area contributed by atoms with Crippen LogP contribution in [-0.2, 0) is 6.54 Å². The number of amides is 1. The lowest BCUT2D eigenvalue weighted by Crippen LogP contribution is -2.38. The van der Waals surface area contributed by atoms with Gasteiger partial charge in [0.2, 0.25) is 0 Å². The largest absolute Gasteiger partial charge is 0.497 e. The van der Waals surface area contributed by atoms with Crippen molar-refractivity contribution in [2.75, 3.05) is 30.8 Å². The third kappa shape index (κ3) is 6.07. The molecule has 11 heteroatoms. The molecule has 0 spiro atoms. The number of pyridine rings is 1. The highest BCUT2D eigenvalue weighted by Crippen LogP contribution is 2.35. The van der Waals surface area contributed by atoms with Gasteiger partial charge in [-0.1, -0.05) is 12.1 Å². The topological polar surface area (TPSA) is 115 Å². The lowest BCUT2D eigenvalue weighted by atomic mass is 10.1. The number of thiazole rings is 1. The first-order valence-corrected chi connectivity index (χ1v) is 14.8. The van der Waals surface area contributed by atoms with Crippen LogP contribution in [0, 0.1) is 13.8 Å². The van der Waals surface area contributed by atoms with Crippen molar-refractivity contribution in [3.63, 3.8) is 0 Å². The second kappa shape index (κ2) is 12.2. The molecule has 0 aliphatic carbocycles. The molecule has 0 bridgehead atoms. The first-order valence-electron chi connectivity index (χ1n) is 14.0. The Bertz CT molecular complexity index is 1670. The van der Waals surface area contributed by atoms with Gasteiger partial charge in [0.25, 0.3) is 5.91 Å². The smallest absolute Gasteiger partial charge is 0.257 e. The zero-order valence-corrected chi connectivity index (χ0v) is 24.6. The third-order valence-corrected chi connectivity index (χ3v) is 8.31. The maximum Gasteiger partial charge on any atom is 0.257 e. The van der Waals surface area contributed by atoms with Crippen LogP contribution in [0.1, 0.15) is 39.3 Å². The molecule has 5 aromatic rings. The molecule has 1 aliphatic rings. The van der Waals surface area contributed by atoms with Gasteiger partial charge in [0.05, 0.1) is 19.3 Å². The van der Waals surface area contributed by atoms with E-state index in [1.165, 1.54) is 11.3 Å². The predicted octanol–water partition coefficient (Wildman–Crippen LogP) is 5.77. The summed E-state index contributed by atoms with van der Waals surface area (Å²) in [7, 11) is 1.66. The van der Waals surface area contributed by atoms with Crippen molar-refractivity contribution in [1.29, 1.82) is 0 Å². The SMILES string of the molecule is COc1ccc(Cn2nc(N[C@@H]3CCCNC3)c3c(Oc4ccc(C(=O)Nc5nc(C)c(C)s5)cc4)ccnc32)cc1. The minimum absolute atomic E-state index is 0.214. The number of aromatic nitrogens is 4. The van der Waals surface area contributed by atoms with Crippen LogP contribution in [0.25, 0.3) is 11.0 Å². The molecule has 0 unspecified atom stereocenters. The Morgan fingerprint density at radius 1 is 1.10 bits per heavy atom. The number of benzene rings is 2. The first-order chi connectivity index (χ1) is 20.5. The van der Waals surface area contributed by atoms with E-state index < -0.39 is 0 Å². The molecular formula is C31H33N7O3S. The maximum atomic E-state index is 12.8. The van der Waals surface area contributed by atoms with E-state index in [0.717, 1.165) is 64.7 Å². The summed E-state index contributed by atoms with van der Waals surface area (Å²) in [6, 6.07) is 17.1. The van der Waals surface area contributed by atoms with Crippen molar-refractivity contribution < 1.29 is 14.3 Å². The van der Waals surface area contributed by atoms with E-state index in [-0.39, 0.29) is 11.9 Å². The fourth-order valence-corrected chi connectivity index (χ4v) is 5.75. The summed E-state index contributed by atoms with van der Waals surface area (Å²) >= 11 is 1.46. The van der Waals surface area contributed by atoms with E-state index in [4.69, 9.17) is 19.6 Å². The highest BCUT2D eigenvalue weighted by atomic mass is 32.1. The van der Waals surface area contributed by atoms with Crippen LogP contribution >= 0.6 is 11.3 Å². The van der Waals surface area contributed by atoms with Crippen molar-refractivity contribution in [1.82, 2.24) is 25.1 Å². The zero-order valence-electron chi connectivity index (χ0n) is 23.8. The third-order valence-electron chi connectivity index (χ3n) is 7.32. The second-order valence-corrected chi connectivity index (χ2v) is 11.5. The van der Waals surface area contributed by atoms with Crippen LogP contribution in [0.4, 0.5) is 10.9 Å². The zero-order chi connectivity index (χ0) is 29.1. The van der Waals surface area contributed by atoms with Gasteiger partial charge >= 0.3 is 0 Å². The fraction of sp³-hybridized carbons (Fsp3) is 0.290. The van der Waals surface area contributed by atoms with E-state index in [1.807, 2.05) is 48.9 Å². The highest BCUT2D eigenvalue weighted by Gasteiger charge is 2.21. The molecule has 6 rings (SSSR count). The number of rotatable bonds is 9. The van der Waals surface area contributed by atoms with Crippen LogP contribution < -0.4 is 25.4 Å². The molecule has 216 valence electrons. The predicted molar refractivity (Wildman–Crippen MR) is 165 cm³/mol. The lowest BCUT2D eigenvalue weighted by molar-refractivity contribution is 0.102. The average Bonchev–Trinajstić information content (AvgIpc) is 3.52. The Balaban J connectivity index is 1.27. The summed E-state index contributed by atoms with van der Waals surface area (Å²) in [6.45, 7) is 6.36. The number of ether oxygens (including phenoxy) is 2. The molecule has 1 saturated heterocycles. The Morgan fingerprint density at radius 3 is 2.57 bits per heavy atom. The van der Waals surface area contributed by atoms with Gasteiger partial charge < -0.3 is 20.1 Å². The van der Waals surface area contributed by atoms with Crippen LogP contribution in [0.15, 0.2) is 60.8 Å². The molecule has 1 fully saturated rings. The highest BCUT2D eigenvalue weighted by molar-refractivity contribution is 7.15. The Hall–Kier alpha value is -4.48. The van der Waals surface area contributed by atoms with Crippen molar-refractivity contribution >= 4 is 39.2 Å². The van der Waals surface area contributed by atoms with E-state index >= 15 is 0 Å². The number of anilines is 2. The van der Waals surface area contributed by atoms with Crippen molar-refractivity contribution in [3.05, 3.63) is 82.5 Å². The van der Waals surface area contributed by atoms with Crippen LogP contribution in [0.2, 0.25) is 0 Å². The number of methoxy groups -OCH3 is 1. The number of carbonyl (C=O) groups excluding carboxylic acids is 1. The van der Waals surface area contributed by atoms with Crippen LogP contribution in [0.3, 0.4) is 0 Å². The standard InChI is InChI=1S/C31H33N7O3S/c1-19-20(2)42-31(34-19)36-30(39)22-8-12-25(13-9-22)41-26-14-16-33-29-27(26)28(35-23-5-4-15-32-17-23)37-38(29)18-21-6-10-24(40-3)11-7-21/h6-14,16,23,32H,4-5,15,17-18H2,1-3H3,(H,35,37)(H,34,36,39)/t23-/m1/s1. The molecule has 4 heterocycles. The van der Waals surface area contributed by atoms with Crippen molar-refractivity contribution in [2.45, 2.75) is 39.3 Å². The molecule has 10 nitrogen and oxygen atoms in total. The van der Waals surface area contributed by atoms with Gasteiger partial charge in [-0.25, -0.2) is 14.6 Å². The summed E-state index contributed by atoms with van der Waals surface area (Å²) in [6.07, 6.45) is 3.89.